The van der Waals surface area contributed by atoms with Crippen molar-refractivity contribution in [3.63, 3.8) is 0 Å². The summed E-state index contributed by atoms with van der Waals surface area (Å²) in [5, 5.41) is 2.07. The minimum atomic E-state index is -4.62. The number of fused-ring (bicyclic) bond motifs is 1. The molecule has 0 spiro atoms. The van der Waals surface area contributed by atoms with Crippen molar-refractivity contribution in [2.24, 2.45) is 17.8 Å². The summed E-state index contributed by atoms with van der Waals surface area (Å²) in [6.45, 7) is 1.29. The third-order valence-corrected chi connectivity index (χ3v) is 6.78. The SMILES string of the molecule is C[C@@H]1CC[C@@H]2C(=O)N(c3ccc(C(=O)OCC(=O)Nc4cc(C(F)(F)F)ccc4Cl)cc3)C(=O)[C@@H]2C1. The minimum Gasteiger partial charge on any atom is -0.452 e. The number of carbonyl (C=O) groups excluding carboxylic acids is 4. The molecule has 0 unspecified atom stereocenters. The summed E-state index contributed by atoms with van der Waals surface area (Å²) < 4.78 is 43.6. The Kier molecular flexibility index (Phi) is 7.08. The van der Waals surface area contributed by atoms with E-state index in [0.29, 0.717) is 30.5 Å². The lowest BCUT2D eigenvalue weighted by molar-refractivity contribution is -0.137. The lowest BCUT2D eigenvalue weighted by Crippen LogP contribution is -2.30. The number of hydrogen-bond donors (Lipinski definition) is 1. The summed E-state index contributed by atoms with van der Waals surface area (Å²) in [5.74, 6) is -2.49. The van der Waals surface area contributed by atoms with Gasteiger partial charge in [0, 0.05) is 0 Å². The van der Waals surface area contributed by atoms with Crippen molar-refractivity contribution in [1.29, 1.82) is 0 Å². The number of nitrogens with one attached hydrogen (secondary N) is 1. The van der Waals surface area contributed by atoms with Gasteiger partial charge in [-0.25, -0.2) is 4.79 Å². The van der Waals surface area contributed by atoms with Crippen LogP contribution in [0.25, 0.3) is 0 Å². The van der Waals surface area contributed by atoms with Crippen LogP contribution in [-0.2, 0) is 25.3 Å². The van der Waals surface area contributed by atoms with Gasteiger partial charge in [-0.1, -0.05) is 18.5 Å². The average Bonchev–Trinajstić information content (AvgIpc) is 3.07. The molecule has 4 rings (SSSR count). The van der Waals surface area contributed by atoms with Crippen LogP contribution in [-0.4, -0.2) is 30.3 Å². The number of amides is 3. The summed E-state index contributed by atoms with van der Waals surface area (Å²) in [4.78, 5) is 51.2. The van der Waals surface area contributed by atoms with Gasteiger partial charge in [-0.2, -0.15) is 13.2 Å². The van der Waals surface area contributed by atoms with Gasteiger partial charge < -0.3 is 10.1 Å². The number of esters is 1. The number of ether oxygens (including phenoxy) is 1. The van der Waals surface area contributed by atoms with E-state index in [1.54, 1.807) is 0 Å². The molecule has 2 aromatic carbocycles. The van der Waals surface area contributed by atoms with Gasteiger partial charge in [0.2, 0.25) is 11.8 Å². The Morgan fingerprint density at radius 3 is 2.39 bits per heavy atom. The molecule has 1 heterocycles. The average molecular weight is 523 g/mol. The van der Waals surface area contributed by atoms with E-state index < -0.39 is 30.2 Å². The highest BCUT2D eigenvalue weighted by atomic mass is 35.5. The summed E-state index contributed by atoms with van der Waals surface area (Å²) in [6.07, 6.45) is -2.38. The van der Waals surface area contributed by atoms with Crippen LogP contribution in [0.4, 0.5) is 24.5 Å². The van der Waals surface area contributed by atoms with E-state index >= 15 is 0 Å². The zero-order valence-electron chi connectivity index (χ0n) is 19.1. The van der Waals surface area contributed by atoms with E-state index in [9.17, 15) is 32.3 Å². The molecule has 1 saturated carbocycles. The highest BCUT2D eigenvalue weighted by Crippen LogP contribution is 2.42. The number of nitrogens with zero attached hydrogens (tertiary/aromatic N) is 1. The van der Waals surface area contributed by atoms with Crippen LogP contribution in [0, 0.1) is 17.8 Å². The van der Waals surface area contributed by atoms with Crippen molar-refractivity contribution in [3.05, 3.63) is 58.6 Å². The molecule has 2 aliphatic rings. The maximum atomic E-state index is 12.9. The number of hydrogen-bond acceptors (Lipinski definition) is 5. The fraction of sp³-hybridized carbons (Fsp3) is 0.360. The molecule has 0 bridgehead atoms. The molecule has 190 valence electrons. The van der Waals surface area contributed by atoms with E-state index in [4.69, 9.17) is 16.3 Å². The van der Waals surface area contributed by atoms with Crippen molar-refractivity contribution in [1.82, 2.24) is 0 Å². The summed E-state index contributed by atoms with van der Waals surface area (Å²) in [5.41, 5.74) is -0.857. The van der Waals surface area contributed by atoms with Gasteiger partial charge in [-0.3, -0.25) is 19.3 Å². The zero-order chi connectivity index (χ0) is 26.2. The fourth-order valence-corrected chi connectivity index (χ4v) is 4.75. The summed E-state index contributed by atoms with van der Waals surface area (Å²) >= 11 is 5.84. The molecule has 1 saturated heterocycles. The Bertz CT molecular complexity index is 1220. The first-order valence-electron chi connectivity index (χ1n) is 11.3. The molecule has 3 atom stereocenters. The summed E-state index contributed by atoms with van der Waals surface area (Å²) in [6, 6.07) is 8.09. The second kappa shape index (κ2) is 9.93. The molecule has 2 aromatic rings. The van der Waals surface area contributed by atoms with Crippen molar-refractivity contribution in [3.8, 4) is 0 Å². The molecular formula is C25H22ClF3N2O5. The van der Waals surface area contributed by atoms with Crippen LogP contribution in [0.2, 0.25) is 5.02 Å². The Morgan fingerprint density at radius 1 is 1.06 bits per heavy atom. The quantitative estimate of drug-likeness (QED) is 0.437. The molecule has 1 aliphatic heterocycles. The minimum absolute atomic E-state index is 0.0637. The highest BCUT2D eigenvalue weighted by molar-refractivity contribution is 6.33. The number of anilines is 2. The van der Waals surface area contributed by atoms with Crippen LogP contribution in [0.5, 0.6) is 0 Å². The Hall–Kier alpha value is -3.40. The van der Waals surface area contributed by atoms with Crippen molar-refractivity contribution in [2.45, 2.75) is 32.4 Å². The van der Waals surface area contributed by atoms with Gasteiger partial charge >= 0.3 is 12.1 Å². The molecule has 11 heteroatoms. The fourth-order valence-electron chi connectivity index (χ4n) is 4.59. The van der Waals surface area contributed by atoms with Crippen molar-refractivity contribution < 1.29 is 37.1 Å². The van der Waals surface area contributed by atoms with Crippen LogP contribution in [0.15, 0.2) is 42.5 Å². The van der Waals surface area contributed by atoms with E-state index in [1.165, 1.54) is 24.3 Å². The monoisotopic (exact) mass is 522 g/mol. The maximum absolute atomic E-state index is 12.9. The molecule has 0 radical (unpaired) electrons. The largest absolute Gasteiger partial charge is 0.452 e. The number of halogens is 4. The molecule has 0 aromatic heterocycles. The van der Waals surface area contributed by atoms with Gasteiger partial charge in [-0.15, -0.1) is 0 Å². The van der Waals surface area contributed by atoms with Crippen molar-refractivity contribution in [2.75, 3.05) is 16.8 Å². The topological polar surface area (TPSA) is 92.8 Å². The van der Waals surface area contributed by atoms with E-state index in [-0.39, 0.29) is 39.9 Å². The number of rotatable bonds is 5. The standard InChI is InChI=1S/C25H22ClF3N2O5/c1-13-2-8-17-18(10-13)23(34)31(22(17)33)16-6-3-14(4-7-16)24(35)36-12-21(32)30-20-11-15(25(27,28)29)5-9-19(20)26/h3-7,9,11,13,17-18H,2,8,10,12H2,1H3,(H,30,32)/t13-,17+,18-/m1/s1. The molecule has 36 heavy (non-hydrogen) atoms. The Labute approximate surface area is 209 Å². The van der Waals surface area contributed by atoms with Gasteiger partial charge in [0.05, 0.1) is 39.4 Å². The highest BCUT2D eigenvalue weighted by Gasteiger charge is 2.49. The normalized spacial score (nSPS) is 21.8. The number of carbonyl (C=O) groups is 4. The first-order valence-corrected chi connectivity index (χ1v) is 11.6. The summed E-state index contributed by atoms with van der Waals surface area (Å²) in [7, 11) is 0. The Morgan fingerprint density at radius 2 is 1.72 bits per heavy atom. The second-order valence-corrected chi connectivity index (χ2v) is 9.41. The van der Waals surface area contributed by atoms with E-state index in [1.807, 2.05) is 0 Å². The maximum Gasteiger partial charge on any atom is 0.416 e. The zero-order valence-corrected chi connectivity index (χ0v) is 19.9. The van der Waals surface area contributed by atoms with Gasteiger partial charge in [0.1, 0.15) is 0 Å². The Balaban J connectivity index is 1.36. The van der Waals surface area contributed by atoms with Gasteiger partial charge in [0.25, 0.3) is 5.91 Å². The van der Waals surface area contributed by atoms with Crippen LogP contribution in [0.1, 0.15) is 42.1 Å². The molecule has 1 aliphatic carbocycles. The molecule has 2 fully saturated rings. The van der Waals surface area contributed by atoms with Crippen LogP contribution in [0.3, 0.4) is 0 Å². The van der Waals surface area contributed by atoms with E-state index in [0.717, 1.165) is 23.5 Å². The third-order valence-electron chi connectivity index (χ3n) is 6.45. The predicted molar refractivity (Wildman–Crippen MR) is 124 cm³/mol. The number of benzene rings is 2. The lowest BCUT2D eigenvalue weighted by atomic mass is 9.76. The van der Waals surface area contributed by atoms with E-state index in [2.05, 4.69) is 12.2 Å². The first kappa shape index (κ1) is 25.7. The lowest BCUT2D eigenvalue weighted by Gasteiger charge is -2.25. The molecule has 3 amide bonds. The van der Waals surface area contributed by atoms with Crippen LogP contribution >= 0.6 is 11.6 Å². The van der Waals surface area contributed by atoms with Crippen molar-refractivity contribution >= 4 is 46.7 Å². The first-order chi connectivity index (χ1) is 17.0. The van der Waals surface area contributed by atoms with Crippen LogP contribution < -0.4 is 10.2 Å². The van der Waals surface area contributed by atoms with Gasteiger partial charge in [-0.05, 0) is 67.6 Å². The van der Waals surface area contributed by atoms with Gasteiger partial charge in [0.15, 0.2) is 6.61 Å². The molecular weight excluding hydrogens is 501 g/mol. The smallest absolute Gasteiger partial charge is 0.416 e. The number of imide groups is 1. The number of alkyl halides is 3. The third kappa shape index (κ3) is 5.23. The predicted octanol–water partition coefficient (Wildman–Crippen LogP) is 5.08. The molecule has 7 nitrogen and oxygen atoms in total. The molecule has 1 N–H and O–H groups in total. The second-order valence-electron chi connectivity index (χ2n) is 9.01.